The van der Waals surface area contributed by atoms with Gasteiger partial charge in [-0.3, -0.25) is 4.79 Å². The van der Waals surface area contributed by atoms with E-state index >= 15 is 0 Å². The van der Waals surface area contributed by atoms with Gasteiger partial charge in [-0.05, 0) is 25.0 Å². The van der Waals surface area contributed by atoms with Crippen LogP contribution in [0.25, 0.3) is 0 Å². The molecule has 3 rings (SSSR count). The quantitative estimate of drug-likeness (QED) is 0.644. The van der Waals surface area contributed by atoms with Gasteiger partial charge in [0.15, 0.2) is 0 Å². The van der Waals surface area contributed by atoms with Gasteiger partial charge in [0.05, 0.1) is 6.21 Å². The number of phenols is 1. The highest BCUT2D eigenvalue weighted by molar-refractivity contribution is 6.07. The van der Waals surface area contributed by atoms with Gasteiger partial charge in [-0.25, -0.2) is 4.79 Å². The molecule has 6 nitrogen and oxygen atoms in total. The number of nitrogens with one attached hydrogen (secondary N) is 1. The zero-order valence-electron chi connectivity index (χ0n) is 11.6. The lowest BCUT2D eigenvalue weighted by Gasteiger charge is -2.29. The number of carbonyl (C=O) groups is 2. The Labute approximate surface area is 122 Å². The van der Waals surface area contributed by atoms with Crippen molar-refractivity contribution in [3.63, 3.8) is 0 Å². The molecule has 1 saturated carbocycles. The lowest BCUT2D eigenvalue weighted by atomic mass is 9.82. The minimum atomic E-state index is -0.772. The van der Waals surface area contributed by atoms with Crippen molar-refractivity contribution in [1.82, 2.24) is 10.3 Å². The number of nitrogens with zero attached hydrogens (tertiary/aromatic N) is 2. The third-order valence-corrected chi connectivity index (χ3v) is 4.10. The van der Waals surface area contributed by atoms with Crippen LogP contribution >= 0.6 is 0 Å². The summed E-state index contributed by atoms with van der Waals surface area (Å²) in [6.45, 7) is 0. The monoisotopic (exact) mass is 287 g/mol. The fourth-order valence-corrected chi connectivity index (χ4v) is 2.92. The first-order chi connectivity index (χ1) is 10.1. The molecule has 21 heavy (non-hydrogen) atoms. The average Bonchev–Trinajstić information content (AvgIpc) is 2.70. The van der Waals surface area contributed by atoms with Crippen molar-refractivity contribution in [1.29, 1.82) is 0 Å². The summed E-state index contributed by atoms with van der Waals surface area (Å²) in [4.78, 5) is 24.4. The second kappa shape index (κ2) is 5.20. The summed E-state index contributed by atoms with van der Waals surface area (Å²) in [5.41, 5.74) is -0.312. The molecule has 1 aliphatic carbocycles. The number of hydrazone groups is 1. The molecule has 6 heteroatoms. The van der Waals surface area contributed by atoms with Crippen molar-refractivity contribution >= 4 is 18.2 Å². The number of carbonyl (C=O) groups excluding carboxylic acids is 2. The summed E-state index contributed by atoms with van der Waals surface area (Å²) < 4.78 is 0. The molecule has 0 aromatic heterocycles. The third kappa shape index (κ3) is 2.37. The highest BCUT2D eigenvalue weighted by Gasteiger charge is 2.51. The zero-order valence-corrected chi connectivity index (χ0v) is 11.6. The number of hydrogen-bond donors (Lipinski definition) is 2. The van der Waals surface area contributed by atoms with Crippen molar-refractivity contribution < 1.29 is 14.7 Å². The number of benzene rings is 1. The number of imide groups is 1. The molecule has 3 amide bonds. The van der Waals surface area contributed by atoms with Crippen LogP contribution in [0.2, 0.25) is 0 Å². The Balaban J connectivity index is 1.81. The summed E-state index contributed by atoms with van der Waals surface area (Å²) in [6.07, 6.45) is 5.62. The van der Waals surface area contributed by atoms with Gasteiger partial charge in [0.1, 0.15) is 11.3 Å². The molecule has 0 radical (unpaired) electrons. The summed E-state index contributed by atoms with van der Waals surface area (Å²) in [5.74, 6) is -0.237. The summed E-state index contributed by atoms with van der Waals surface area (Å²) in [5, 5.41) is 17.3. The number of aromatic hydroxyl groups is 1. The number of rotatable bonds is 2. The number of hydrogen-bond acceptors (Lipinski definition) is 4. The lowest BCUT2D eigenvalue weighted by Crippen LogP contribution is -2.48. The minimum absolute atomic E-state index is 0.0562. The van der Waals surface area contributed by atoms with Crippen LogP contribution in [-0.4, -0.2) is 33.8 Å². The van der Waals surface area contributed by atoms with Crippen molar-refractivity contribution in [2.75, 3.05) is 0 Å². The molecule has 2 aliphatic rings. The average molecular weight is 287 g/mol. The van der Waals surface area contributed by atoms with E-state index in [9.17, 15) is 14.7 Å². The van der Waals surface area contributed by atoms with Crippen LogP contribution in [0.3, 0.4) is 0 Å². The van der Waals surface area contributed by atoms with E-state index in [4.69, 9.17) is 0 Å². The van der Waals surface area contributed by atoms with Crippen LogP contribution in [0, 0.1) is 0 Å². The molecular weight excluding hydrogens is 270 g/mol. The molecule has 0 bridgehead atoms. The maximum absolute atomic E-state index is 12.5. The van der Waals surface area contributed by atoms with Crippen LogP contribution in [0.15, 0.2) is 29.4 Å². The van der Waals surface area contributed by atoms with Gasteiger partial charge in [-0.1, -0.05) is 31.4 Å². The molecule has 0 unspecified atom stereocenters. The largest absolute Gasteiger partial charge is 0.507 e. The Hall–Kier alpha value is -2.37. The van der Waals surface area contributed by atoms with Crippen molar-refractivity contribution in [2.24, 2.45) is 5.10 Å². The van der Waals surface area contributed by atoms with Crippen LogP contribution in [0.1, 0.15) is 37.7 Å². The summed E-state index contributed by atoms with van der Waals surface area (Å²) in [7, 11) is 0. The summed E-state index contributed by atoms with van der Waals surface area (Å²) >= 11 is 0. The van der Waals surface area contributed by atoms with E-state index in [-0.39, 0.29) is 11.7 Å². The molecule has 110 valence electrons. The Bertz CT molecular complexity index is 606. The maximum Gasteiger partial charge on any atom is 0.346 e. The first-order valence-electron chi connectivity index (χ1n) is 7.11. The Morgan fingerprint density at radius 2 is 1.90 bits per heavy atom. The predicted octanol–water partition coefficient (Wildman–Crippen LogP) is 1.98. The highest BCUT2D eigenvalue weighted by atomic mass is 16.3. The zero-order chi connectivity index (χ0) is 14.9. The molecule has 2 fully saturated rings. The van der Waals surface area contributed by atoms with E-state index in [1.54, 1.807) is 18.2 Å². The SMILES string of the molecule is O=C1NC2(CCCCC2)C(=O)N1/N=C/c1ccccc1O. The summed E-state index contributed by atoms with van der Waals surface area (Å²) in [6, 6.07) is 6.13. The van der Waals surface area contributed by atoms with Gasteiger partial charge in [0.2, 0.25) is 0 Å². The first-order valence-corrected chi connectivity index (χ1v) is 7.11. The molecular formula is C15H17N3O3. The molecule has 1 spiro atoms. The standard InChI is InChI=1S/C15H17N3O3/c19-12-7-3-2-6-11(12)10-16-18-13(20)15(17-14(18)21)8-4-1-5-9-15/h2-3,6-7,10,19H,1,4-5,8-9H2,(H,17,21)/b16-10+. The van der Waals surface area contributed by atoms with E-state index in [2.05, 4.69) is 10.4 Å². The van der Waals surface area contributed by atoms with Gasteiger partial charge in [0.25, 0.3) is 5.91 Å². The minimum Gasteiger partial charge on any atom is -0.507 e. The van der Waals surface area contributed by atoms with Gasteiger partial charge in [-0.2, -0.15) is 5.10 Å². The second-order valence-corrected chi connectivity index (χ2v) is 5.49. The van der Waals surface area contributed by atoms with Gasteiger partial charge in [0, 0.05) is 5.56 Å². The smallest absolute Gasteiger partial charge is 0.346 e. The van der Waals surface area contributed by atoms with Crippen LogP contribution in [-0.2, 0) is 4.79 Å². The fraction of sp³-hybridized carbons (Fsp3) is 0.400. The van der Waals surface area contributed by atoms with Crippen LogP contribution in [0.4, 0.5) is 4.79 Å². The van der Waals surface area contributed by atoms with Crippen LogP contribution < -0.4 is 5.32 Å². The van der Waals surface area contributed by atoms with E-state index in [0.29, 0.717) is 18.4 Å². The molecule has 1 aromatic rings. The predicted molar refractivity (Wildman–Crippen MR) is 76.9 cm³/mol. The highest BCUT2D eigenvalue weighted by Crippen LogP contribution is 2.33. The van der Waals surface area contributed by atoms with Gasteiger partial charge >= 0.3 is 6.03 Å². The van der Waals surface area contributed by atoms with E-state index in [1.165, 1.54) is 12.3 Å². The van der Waals surface area contributed by atoms with Crippen molar-refractivity contribution in [3.05, 3.63) is 29.8 Å². The molecule has 0 atom stereocenters. The van der Waals surface area contributed by atoms with Crippen LogP contribution in [0.5, 0.6) is 5.75 Å². The van der Waals surface area contributed by atoms with E-state index < -0.39 is 11.6 Å². The number of phenolic OH excluding ortho intramolecular Hbond substituents is 1. The number of urea groups is 1. The lowest BCUT2D eigenvalue weighted by molar-refractivity contribution is -0.132. The molecule has 1 aliphatic heterocycles. The normalized spacial score (nSPS) is 21.2. The van der Waals surface area contributed by atoms with Crippen molar-refractivity contribution in [2.45, 2.75) is 37.6 Å². The molecule has 2 N–H and O–H groups in total. The molecule has 1 aromatic carbocycles. The van der Waals surface area contributed by atoms with E-state index in [0.717, 1.165) is 24.3 Å². The Morgan fingerprint density at radius 1 is 1.19 bits per heavy atom. The molecule has 1 heterocycles. The fourth-order valence-electron chi connectivity index (χ4n) is 2.92. The van der Waals surface area contributed by atoms with Gasteiger partial charge < -0.3 is 10.4 Å². The Kier molecular flexibility index (Phi) is 3.37. The maximum atomic E-state index is 12.5. The topological polar surface area (TPSA) is 82.0 Å². The van der Waals surface area contributed by atoms with Crippen molar-refractivity contribution in [3.8, 4) is 5.75 Å². The first kappa shape index (κ1) is 13.6. The number of para-hydroxylation sites is 1. The third-order valence-electron chi connectivity index (χ3n) is 4.10. The van der Waals surface area contributed by atoms with E-state index in [1.807, 2.05) is 0 Å². The van der Waals surface area contributed by atoms with Gasteiger partial charge in [-0.15, -0.1) is 5.01 Å². The molecule has 1 saturated heterocycles. The number of amides is 3. The second-order valence-electron chi connectivity index (χ2n) is 5.49. The Morgan fingerprint density at radius 3 is 2.62 bits per heavy atom.